The summed E-state index contributed by atoms with van der Waals surface area (Å²) >= 11 is 0. The number of halogens is 3. The zero-order valence-electron chi connectivity index (χ0n) is 24.5. The minimum Gasteiger partial charge on any atom is -0.454 e. The molecule has 13 heteroatoms. The third-order valence-corrected chi connectivity index (χ3v) is 8.60. The van der Waals surface area contributed by atoms with E-state index in [9.17, 15) is 18.0 Å². The lowest BCUT2D eigenvalue weighted by Crippen LogP contribution is -2.44. The molecular formula is C33H28F3N7O3. The molecule has 0 unspecified atom stereocenters. The smallest absolute Gasteiger partial charge is 0.418 e. The van der Waals surface area contributed by atoms with Crippen LogP contribution >= 0.6 is 0 Å². The molecule has 2 aliphatic rings. The number of fused-ring (bicyclic) bond motifs is 4. The van der Waals surface area contributed by atoms with E-state index in [1.807, 2.05) is 65.5 Å². The highest BCUT2D eigenvalue weighted by atomic mass is 19.4. The summed E-state index contributed by atoms with van der Waals surface area (Å²) in [5.74, 6) is 1.27. The Labute approximate surface area is 260 Å². The zero-order valence-corrected chi connectivity index (χ0v) is 24.5. The van der Waals surface area contributed by atoms with Gasteiger partial charge in [-0.25, -0.2) is 4.68 Å². The quantitative estimate of drug-likeness (QED) is 0.276. The lowest BCUT2D eigenvalue weighted by molar-refractivity contribution is -0.137. The molecular weight excluding hydrogens is 599 g/mol. The highest BCUT2D eigenvalue weighted by Crippen LogP contribution is 2.40. The molecule has 1 fully saturated rings. The summed E-state index contributed by atoms with van der Waals surface area (Å²) in [5.41, 5.74) is 1.84. The van der Waals surface area contributed by atoms with E-state index in [-0.39, 0.29) is 29.2 Å². The van der Waals surface area contributed by atoms with Crippen LogP contribution in [0.3, 0.4) is 0 Å². The molecule has 1 saturated heterocycles. The van der Waals surface area contributed by atoms with Crippen LogP contribution in [0.4, 0.5) is 18.9 Å². The number of nitrogens with one attached hydrogen (secondary N) is 1. The summed E-state index contributed by atoms with van der Waals surface area (Å²) in [4.78, 5) is 15.7. The van der Waals surface area contributed by atoms with Crippen molar-refractivity contribution in [3.63, 3.8) is 0 Å². The molecule has 3 aromatic carbocycles. The van der Waals surface area contributed by atoms with Gasteiger partial charge in [0.25, 0.3) is 5.56 Å². The zero-order chi connectivity index (χ0) is 31.4. The number of pyridine rings is 1. The molecule has 0 spiro atoms. The van der Waals surface area contributed by atoms with Crippen molar-refractivity contribution in [1.82, 2.24) is 29.4 Å². The van der Waals surface area contributed by atoms with Gasteiger partial charge in [-0.05, 0) is 65.7 Å². The van der Waals surface area contributed by atoms with E-state index in [1.165, 1.54) is 10.7 Å². The summed E-state index contributed by atoms with van der Waals surface area (Å²) < 4.78 is 59.5. The van der Waals surface area contributed by atoms with Gasteiger partial charge >= 0.3 is 6.18 Å². The third-order valence-electron chi connectivity index (χ3n) is 8.60. The van der Waals surface area contributed by atoms with Crippen LogP contribution in [0.25, 0.3) is 38.8 Å². The molecule has 234 valence electrons. The molecule has 46 heavy (non-hydrogen) atoms. The van der Waals surface area contributed by atoms with Gasteiger partial charge in [0.05, 0.1) is 16.8 Å². The second-order valence-electron chi connectivity index (χ2n) is 11.3. The first-order valence-electron chi connectivity index (χ1n) is 15.0. The molecule has 0 saturated carbocycles. The van der Waals surface area contributed by atoms with Crippen LogP contribution in [-0.2, 0) is 19.3 Å². The summed E-state index contributed by atoms with van der Waals surface area (Å²) in [5, 5.41) is 12.3. The van der Waals surface area contributed by atoms with Gasteiger partial charge in [0.1, 0.15) is 5.52 Å². The number of benzene rings is 3. The molecule has 0 bridgehead atoms. The summed E-state index contributed by atoms with van der Waals surface area (Å²) in [6.07, 6.45) is -0.767. The van der Waals surface area contributed by atoms with E-state index in [4.69, 9.17) is 9.47 Å². The van der Waals surface area contributed by atoms with Gasteiger partial charge in [0, 0.05) is 62.7 Å². The Morgan fingerprint density at radius 1 is 0.870 bits per heavy atom. The maximum atomic E-state index is 14.5. The standard InChI is InChI=1S/C33H28F3N7O3/c34-33(35,36)25-19-23(5-7-27(25)41-13-9-37-10-14-41)43-31-24-17-21(22-4-8-28-29(18-22)46-20-45-28)3-6-26(24)42(32(44)30(31)38-39-43)16-15-40-11-1-2-12-40/h1-8,11-12,17-19,37H,9-10,13-16,20H2. The average molecular weight is 628 g/mol. The number of rotatable bonds is 6. The number of ether oxygens (including phenoxy) is 2. The van der Waals surface area contributed by atoms with Crippen molar-refractivity contribution in [2.45, 2.75) is 19.3 Å². The predicted molar refractivity (Wildman–Crippen MR) is 167 cm³/mol. The van der Waals surface area contributed by atoms with Crippen molar-refractivity contribution < 1.29 is 22.6 Å². The summed E-state index contributed by atoms with van der Waals surface area (Å²) in [7, 11) is 0. The molecule has 0 radical (unpaired) electrons. The monoisotopic (exact) mass is 627 g/mol. The number of aryl methyl sites for hydroxylation is 2. The molecule has 0 aliphatic carbocycles. The maximum Gasteiger partial charge on any atom is 0.418 e. The van der Waals surface area contributed by atoms with Crippen LogP contribution in [0, 0.1) is 0 Å². The van der Waals surface area contributed by atoms with Crippen LogP contribution in [-0.4, -0.2) is 57.1 Å². The molecule has 2 aliphatic heterocycles. The molecule has 0 amide bonds. The first-order valence-corrected chi connectivity index (χ1v) is 15.0. The number of alkyl halides is 3. The Morgan fingerprint density at radius 3 is 2.43 bits per heavy atom. The summed E-state index contributed by atoms with van der Waals surface area (Å²) in [6, 6.07) is 19.3. The molecule has 5 heterocycles. The lowest BCUT2D eigenvalue weighted by Gasteiger charge is -2.31. The normalized spacial score (nSPS) is 14.9. The van der Waals surface area contributed by atoms with Gasteiger partial charge in [-0.15, -0.1) is 5.10 Å². The SMILES string of the molecule is O=c1c2nnn(-c3ccc(N4CCNCC4)c(C(F)(F)F)c3)c2c2cc(-c3ccc4c(c3)OCO4)ccc2n1CCn1cccc1. The van der Waals surface area contributed by atoms with E-state index >= 15 is 0 Å². The van der Waals surface area contributed by atoms with Gasteiger partial charge in [-0.3, -0.25) is 4.79 Å². The summed E-state index contributed by atoms with van der Waals surface area (Å²) in [6.45, 7) is 3.15. The number of aromatic nitrogens is 5. The molecule has 8 rings (SSSR count). The number of anilines is 1. The van der Waals surface area contributed by atoms with Crippen molar-refractivity contribution in [3.8, 4) is 28.3 Å². The van der Waals surface area contributed by atoms with Gasteiger partial charge in [-0.2, -0.15) is 13.2 Å². The van der Waals surface area contributed by atoms with Crippen molar-refractivity contribution >= 4 is 27.6 Å². The highest BCUT2D eigenvalue weighted by molar-refractivity contribution is 6.04. The second kappa shape index (κ2) is 10.9. The molecule has 6 aromatic rings. The van der Waals surface area contributed by atoms with E-state index in [1.54, 1.807) is 15.5 Å². The molecule has 1 N–H and O–H groups in total. The number of nitrogens with zero attached hydrogens (tertiary/aromatic N) is 6. The van der Waals surface area contributed by atoms with Crippen molar-refractivity contribution in [1.29, 1.82) is 0 Å². The van der Waals surface area contributed by atoms with E-state index in [2.05, 4.69) is 15.6 Å². The van der Waals surface area contributed by atoms with Crippen LogP contribution in [0.2, 0.25) is 0 Å². The molecule has 0 atom stereocenters. The fourth-order valence-corrected chi connectivity index (χ4v) is 6.32. The minimum absolute atomic E-state index is 0.0718. The second-order valence-corrected chi connectivity index (χ2v) is 11.3. The van der Waals surface area contributed by atoms with Crippen LogP contribution in [0.15, 0.2) is 83.9 Å². The lowest BCUT2D eigenvalue weighted by atomic mass is 10.0. The molecule has 10 nitrogen and oxygen atoms in total. The fraction of sp³-hybridized carbons (Fsp3) is 0.242. The number of hydrogen-bond acceptors (Lipinski definition) is 7. The van der Waals surface area contributed by atoms with E-state index < -0.39 is 11.7 Å². The van der Waals surface area contributed by atoms with Crippen molar-refractivity contribution in [3.05, 3.63) is 95.0 Å². The Bertz CT molecular complexity index is 2150. The largest absolute Gasteiger partial charge is 0.454 e. The molecule has 3 aromatic heterocycles. The third kappa shape index (κ3) is 4.83. The van der Waals surface area contributed by atoms with E-state index in [0.29, 0.717) is 67.2 Å². The highest BCUT2D eigenvalue weighted by Gasteiger charge is 2.36. The van der Waals surface area contributed by atoms with Crippen LogP contribution in [0.1, 0.15) is 5.56 Å². The van der Waals surface area contributed by atoms with Gasteiger partial charge in [0.2, 0.25) is 6.79 Å². The predicted octanol–water partition coefficient (Wildman–Crippen LogP) is 5.06. The topological polar surface area (TPSA) is 91.4 Å². The van der Waals surface area contributed by atoms with Crippen molar-refractivity contribution in [2.75, 3.05) is 37.9 Å². The Hall–Kier alpha value is -5.30. The first kappa shape index (κ1) is 28.2. The van der Waals surface area contributed by atoms with Crippen LogP contribution < -0.4 is 25.2 Å². The minimum atomic E-state index is -4.60. The van der Waals surface area contributed by atoms with Gasteiger partial charge < -0.3 is 28.8 Å². The van der Waals surface area contributed by atoms with Gasteiger partial charge in [-0.1, -0.05) is 17.3 Å². The number of piperazine rings is 1. The Morgan fingerprint density at radius 2 is 1.63 bits per heavy atom. The van der Waals surface area contributed by atoms with E-state index in [0.717, 1.165) is 17.2 Å². The van der Waals surface area contributed by atoms with Gasteiger partial charge in [0.15, 0.2) is 17.0 Å². The Balaban J connectivity index is 1.32. The maximum absolute atomic E-state index is 14.5. The number of hydrogen-bond donors (Lipinski definition) is 1. The van der Waals surface area contributed by atoms with Crippen molar-refractivity contribution in [2.24, 2.45) is 0 Å². The first-order chi connectivity index (χ1) is 22.3. The van der Waals surface area contributed by atoms with Crippen LogP contribution in [0.5, 0.6) is 11.5 Å². The Kier molecular flexibility index (Phi) is 6.71. The average Bonchev–Trinajstić information content (AvgIpc) is 3.85. The fourth-order valence-electron chi connectivity index (χ4n) is 6.32.